The number of amides is 1. The fraction of sp³-hybridized carbons (Fsp3) is 0.455. The van der Waals surface area contributed by atoms with Crippen molar-refractivity contribution in [2.45, 2.75) is 45.1 Å². The molecular formula is C22H29N5O3. The molecule has 3 heterocycles. The number of hydrogen-bond acceptors (Lipinski definition) is 6. The molecule has 30 heavy (non-hydrogen) atoms. The Balaban J connectivity index is 0.000000589. The van der Waals surface area contributed by atoms with Gasteiger partial charge in [0, 0.05) is 44.6 Å². The van der Waals surface area contributed by atoms with Gasteiger partial charge >= 0.3 is 0 Å². The van der Waals surface area contributed by atoms with Crippen molar-refractivity contribution in [2.24, 2.45) is 5.73 Å². The normalized spacial score (nSPS) is 18.0. The van der Waals surface area contributed by atoms with Crippen LogP contribution >= 0.6 is 0 Å². The van der Waals surface area contributed by atoms with Crippen LogP contribution in [0.5, 0.6) is 0 Å². The van der Waals surface area contributed by atoms with Crippen molar-refractivity contribution >= 4 is 17.7 Å². The lowest BCUT2D eigenvalue weighted by Gasteiger charge is -2.34. The molecular weight excluding hydrogens is 382 g/mol. The van der Waals surface area contributed by atoms with Gasteiger partial charge in [0.2, 0.25) is 0 Å². The van der Waals surface area contributed by atoms with E-state index >= 15 is 0 Å². The second-order valence-corrected chi connectivity index (χ2v) is 7.65. The lowest BCUT2D eigenvalue weighted by molar-refractivity contribution is -0.134. The van der Waals surface area contributed by atoms with Crippen molar-refractivity contribution in [3.63, 3.8) is 0 Å². The van der Waals surface area contributed by atoms with Crippen LogP contribution in [-0.2, 0) is 24.1 Å². The molecule has 8 nitrogen and oxygen atoms in total. The van der Waals surface area contributed by atoms with E-state index in [1.54, 1.807) is 0 Å². The highest BCUT2D eigenvalue weighted by Crippen LogP contribution is 2.26. The summed E-state index contributed by atoms with van der Waals surface area (Å²) in [5, 5.41) is 10.3. The fourth-order valence-electron chi connectivity index (χ4n) is 3.80. The van der Waals surface area contributed by atoms with Gasteiger partial charge < -0.3 is 21.1 Å². The number of carboxylic acids is 1. The minimum atomic E-state index is -0.833. The number of nitrogens with one attached hydrogen (secondary N) is 1. The third-order valence-corrected chi connectivity index (χ3v) is 5.14. The van der Waals surface area contributed by atoms with Crippen LogP contribution in [0, 0.1) is 0 Å². The van der Waals surface area contributed by atoms with Gasteiger partial charge in [-0.05, 0) is 31.2 Å². The number of carbonyl (C=O) groups excluding carboxylic acids is 1. The monoisotopic (exact) mass is 411 g/mol. The summed E-state index contributed by atoms with van der Waals surface area (Å²) in [5.41, 5.74) is 8.95. The molecule has 1 saturated heterocycles. The number of benzene rings is 1. The highest BCUT2D eigenvalue weighted by Gasteiger charge is 2.28. The van der Waals surface area contributed by atoms with Gasteiger partial charge in [-0.25, -0.2) is 9.97 Å². The van der Waals surface area contributed by atoms with E-state index in [1.165, 1.54) is 5.56 Å². The molecule has 1 aromatic heterocycles. The molecule has 1 atom stereocenters. The first-order chi connectivity index (χ1) is 14.4. The van der Waals surface area contributed by atoms with Crippen molar-refractivity contribution in [1.29, 1.82) is 0 Å². The van der Waals surface area contributed by atoms with Crippen molar-refractivity contribution < 1.29 is 14.7 Å². The number of carboxylic acid groups (broad SMARTS) is 1. The summed E-state index contributed by atoms with van der Waals surface area (Å²) in [6, 6.07) is 10.5. The van der Waals surface area contributed by atoms with Gasteiger partial charge in [-0.15, -0.1) is 0 Å². The molecule has 0 spiro atoms. The number of aromatic nitrogens is 2. The lowest BCUT2D eigenvalue weighted by atomic mass is 10.0. The zero-order valence-corrected chi connectivity index (χ0v) is 17.3. The number of nitrogens with zero attached hydrogens (tertiary/aromatic N) is 3. The minimum Gasteiger partial charge on any atom is -0.481 e. The van der Waals surface area contributed by atoms with E-state index in [1.807, 2.05) is 18.2 Å². The van der Waals surface area contributed by atoms with Crippen LogP contribution in [0.2, 0.25) is 0 Å². The van der Waals surface area contributed by atoms with Gasteiger partial charge in [0.25, 0.3) is 11.9 Å². The van der Waals surface area contributed by atoms with E-state index in [-0.39, 0.29) is 11.9 Å². The lowest BCUT2D eigenvalue weighted by Crippen LogP contribution is -2.44. The third-order valence-electron chi connectivity index (χ3n) is 5.14. The van der Waals surface area contributed by atoms with Crippen LogP contribution in [0.15, 0.2) is 30.3 Å². The van der Waals surface area contributed by atoms with Gasteiger partial charge in [-0.1, -0.05) is 30.3 Å². The number of aliphatic carboxylic acids is 1. The average molecular weight is 412 g/mol. The van der Waals surface area contributed by atoms with Crippen LogP contribution in [0.25, 0.3) is 0 Å². The van der Waals surface area contributed by atoms with Crippen LogP contribution in [0.1, 0.15) is 47.2 Å². The number of nitrogens with two attached hydrogens (primary N) is 1. The number of aryl methyl sites for hydroxylation is 2. The highest BCUT2D eigenvalue weighted by molar-refractivity contribution is 5.96. The van der Waals surface area contributed by atoms with Crippen molar-refractivity contribution in [2.75, 3.05) is 24.5 Å². The molecule has 1 aromatic carbocycles. The molecule has 1 fully saturated rings. The maximum atomic E-state index is 12.4. The SMILES string of the molecule is CC(=O)O.NC1CCCN(c2nc(CCc3ccccc3)nc3c2CCNC3=O)C1. The summed E-state index contributed by atoms with van der Waals surface area (Å²) in [6.45, 7) is 3.46. The molecule has 4 N–H and O–H groups in total. The first kappa shape index (κ1) is 21.7. The van der Waals surface area contributed by atoms with Gasteiger partial charge in [0.15, 0.2) is 0 Å². The van der Waals surface area contributed by atoms with Gasteiger partial charge in [-0.2, -0.15) is 0 Å². The maximum absolute atomic E-state index is 12.4. The molecule has 0 radical (unpaired) electrons. The van der Waals surface area contributed by atoms with Crippen molar-refractivity contribution in [3.8, 4) is 0 Å². The second-order valence-electron chi connectivity index (χ2n) is 7.65. The maximum Gasteiger partial charge on any atom is 0.300 e. The number of fused-ring (bicyclic) bond motifs is 1. The second kappa shape index (κ2) is 10.2. The van der Waals surface area contributed by atoms with Crippen LogP contribution in [-0.4, -0.2) is 52.6 Å². The molecule has 0 saturated carbocycles. The smallest absolute Gasteiger partial charge is 0.300 e. The van der Waals surface area contributed by atoms with E-state index in [0.29, 0.717) is 12.2 Å². The molecule has 0 bridgehead atoms. The molecule has 8 heteroatoms. The third kappa shape index (κ3) is 5.76. The number of hydrogen-bond donors (Lipinski definition) is 3. The van der Waals surface area contributed by atoms with E-state index < -0.39 is 5.97 Å². The molecule has 1 amide bonds. The average Bonchev–Trinajstić information content (AvgIpc) is 2.73. The van der Waals surface area contributed by atoms with Gasteiger partial charge in [0.05, 0.1) is 0 Å². The van der Waals surface area contributed by atoms with Crippen LogP contribution < -0.4 is 16.0 Å². The number of piperidine rings is 1. The quantitative estimate of drug-likeness (QED) is 0.698. The van der Waals surface area contributed by atoms with Gasteiger partial charge in [0.1, 0.15) is 17.3 Å². The molecule has 4 rings (SSSR count). The Bertz CT molecular complexity index is 884. The number of rotatable bonds is 4. The fourth-order valence-corrected chi connectivity index (χ4v) is 3.80. The summed E-state index contributed by atoms with van der Waals surface area (Å²) in [6.07, 6.45) is 4.47. The van der Waals surface area contributed by atoms with Crippen LogP contribution in [0.4, 0.5) is 5.82 Å². The molecule has 2 aliphatic rings. The first-order valence-electron chi connectivity index (χ1n) is 10.4. The topological polar surface area (TPSA) is 121 Å². The Morgan fingerprint density at radius 1 is 1.27 bits per heavy atom. The standard InChI is InChI=1S/C20H25N5O.C2H4O2/c21-15-7-4-12-25(13-15)19-16-10-11-22-20(26)18(16)23-17(24-19)9-8-14-5-2-1-3-6-14;1-2(3)4/h1-3,5-6,15H,4,7-13,21H2,(H,22,26);1H3,(H,3,4). The van der Waals surface area contributed by atoms with Crippen LogP contribution in [0.3, 0.4) is 0 Å². The van der Waals surface area contributed by atoms with E-state index in [4.69, 9.17) is 20.6 Å². The van der Waals surface area contributed by atoms with Gasteiger partial charge in [-0.3, -0.25) is 9.59 Å². The summed E-state index contributed by atoms with van der Waals surface area (Å²) >= 11 is 0. The minimum absolute atomic E-state index is 0.0860. The van der Waals surface area contributed by atoms with Crippen molar-refractivity contribution in [1.82, 2.24) is 15.3 Å². The Kier molecular flexibility index (Phi) is 7.35. The predicted molar refractivity (Wildman–Crippen MR) is 115 cm³/mol. The summed E-state index contributed by atoms with van der Waals surface area (Å²) in [5.74, 6) is 0.735. The zero-order valence-electron chi connectivity index (χ0n) is 17.3. The van der Waals surface area contributed by atoms with E-state index in [0.717, 1.165) is 69.3 Å². The molecule has 2 aliphatic heterocycles. The summed E-state index contributed by atoms with van der Waals surface area (Å²) in [4.78, 5) is 33.1. The Morgan fingerprint density at radius 2 is 2.00 bits per heavy atom. The summed E-state index contributed by atoms with van der Waals surface area (Å²) < 4.78 is 0. The predicted octanol–water partition coefficient (Wildman–Crippen LogP) is 1.57. The Morgan fingerprint density at radius 3 is 2.70 bits per heavy atom. The summed E-state index contributed by atoms with van der Waals surface area (Å²) in [7, 11) is 0. The van der Waals surface area contributed by atoms with E-state index in [9.17, 15) is 4.79 Å². The number of anilines is 1. The largest absolute Gasteiger partial charge is 0.481 e. The highest BCUT2D eigenvalue weighted by atomic mass is 16.4. The molecule has 160 valence electrons. The van der Waals surface area contributed by atoms with Crippen molar-refractivity contribution in [3.05, 3.63) is 53.0 Å². The Hall–Kier alpha value is -3.00. The zero-order chi connectivity index (χ0) is 21.5. The number of carbonyl (C=O) groups is 2. The molecule has 2 aromatic rings. The Labute approximate surface area is 176 Å². The van der Waals surface area contributed by atoms with E-state index in [2.05, 4.69) is 27.3 Å². The molecule has 0 aliphatic carbocycles. The first-order valence-corrected chi connectivity index (χ1v) is 10.4. The molecule has 1 unspecified atom stereocenters.